The number of hydrogen-bond donors (Lipinski definition) is 2. The molecule has 5 nitrogen and oxygen atoms in total. The molecule has 17 heavy (non-hydrogen) atoms. The van der Waals surface area contributed by atoms with Crippen LogP contribution in [0.25, 0.3) is 0 Å². The molecule has 2 fully saturated rings. The lowest BCUT2D eigenvalue weighted by Crippen LogP contribution is -2.38. The zero-order valence-corrected chi connectivity index (χ0v) is 9.10. The highest BCUT2D eigenvalue weighted by Crippen LogP contribution is 2.48. The summed E-state index contributed by atoms with van der Waals surface area (Å²) >= 11 is 0. The molecule has 2 N–H and O–H groups in total. The second-order valence-electron chi connectivity index (χ2n) is 4.82. The molecular formula is C12H11N3O2. The summed E-state index contributed by atoms with van der Waals surface area (Å²) in [6.45, 7) is 0.640. The van der Waals surface area contributed by atoms with E-state index in [1.165, 1.54) is 0 Å². The van der Waals surface area contributed by atoms with E-state index >= 15 is 0 Å². The Hall–Kier alpha value is -2.04. The van der Waals surface area contributed by atoms with Gasteiger partial charge < -0.3 is 10.0 Å². The number of aliphatic imine (C=N–C) groups is 1. The number of fused-ring (bicyclic) bond motifs is 3. The quantitative estimate of drug-likeness (QED) is 0.693. The minimum atomic E-state index is -0.345. The third-order valence-corrected chi connectivity index (χ3v) is 3.76. The Morgan fingerprint density at radius 1 is 1.41 bits per heavy atom. The lowest BCUT2D eigenvalue weighted by atomic mass is 10.1. The van der Waals surface area contributed by atoms with Crippen molar-refractivity contribution < 1.29 is 9.90 Å². The van der Waals surface area contributed by atoms with Crippen LogP contribution in [0.4, 0.5) is 5.69 Å². The van der Waals surface area contributed by atoms with Crippen LogP contribution in [0.2, 0.25) is 0 Å². The minimum Gasteiger partial charge on any atom is -0.508 e. The molecule has 2 heterocycles. The predicted octanol–water partition coefficient (Wildman–Crippen LogP) is 0.858. The van der Waals surface area contributed by atoms with Gasteiger partial charge in [0.15, 0.2) is 0 Å². The molecule has 1 saturated carbocycles. The Kier molecular flexibility index (Phi) is 1.39. The van der Waals surface area contributed by atoms with Crippen molar-refractivity contribution in [1.29, 1.82) is 0 Å². The first-order valence-electron chi connectivity index (χ1n) is 5.69. The summed E-state index contributed by atoms with van der Waals surface area (Å²) in [5, 5.41) is 12.3. The van der Waals surface area contributed by atoms with Crippen LogP contribution in [-0.2, 0) is 11.3 Å². The summed E-state index contributed by atoms with van der Waals surface area (Å²) in [5.41, 5.74) is 1.45. The molecule has 1 aliphatic carbocycles. The Morgan fingerprint density at radius 2 is 2.24 bits per heavy atom. The molecule has 1 aromatic carbocycles. The number of phenols is 1. The normalized spacial score (nSPS) is 22.9. The zero-order valence-electron chi connectivity index (χ0n) is 9.10. The van der Waals surface area contributed by atoms with Crippen molar-refractivity contribution in [1.82, 2.24) is 10.2 Å². The maximum atomic E-state index is 11.9. The molecule has 1 saturated heterocycles. The maximum Gasteiger partial charge on any atom is 0.252 e. The fraction of sp³-hybridized carbons (Fsp3) is 0.333. The van der Waals surface area contributed by atoms with E-state index in [0.717, 1.165) is 24.1 Å². The predicted molar refractivity (Wildman–Crippen MR) is 60.9 cm³/mol. The highest BCUT2D eigenvalue weighted by atomic mass is 16.3. The Bertz CT molecular complexity index is 575. The zero-order chi connectivity index (χ0) is 11.6. The molecule has 3 aliphatic rings. The monoisotopic (exact) mass is 229 g/mol. The van der Waals surface area contributed by atoms with Gasteiger partial charge in [0.1, 0.15) is 11.3 Å². The van der Waals surface area contributed by atoms with Crippen LogP contribution in [-0.4, -0.2) is 27.4 Å². The molecule has 2 aliphatic heterocycles. The topological polar surface area (TPSA) is 64.9 Å². The van der Waals surface area contributed by atoms with Crippen molar-refractivity contribution in [3.05, 3.63) is 23.8 Å². The number of nitrogens with zero attached hydrogens (tertiary/aromatic N) is 2. The fourth-order valence-corrected chi connectivity index (χ4v) is 2.63. The SMILES string of the molecule is O=C1NC2=Nc3ccc(O)cc3CN2C12CC2. The number of amides is 1. The lowest BCUT2D eigenvalue weighted by Gasteiger charge is -2.27. The van der Waals surface area contributed by atoms with Gasteiger partial charge in [0, 0.05) is 12.1 Å². The molecular weight excluding hydrogens is 218 g/mol. The van der Waals surface area contributed by atoms with Gasteiger partial charge in [-0.3, -0.25) is 10.1 Å². The molecule has 1 amide bonds. The van der Waals surface area contributed by atoms with Gasteiger partial charge in [0.2, 0.25) is 5.96 Å². The molecule has 0 aromatic heterocycles. The third-order valence-electron chi connectivity index (χ3n) is 3.76. The highest BCUT2D eigenvalue weighted by molar-refractivity contribution is 6.11. The van der Waals surface area contributed by atoms with E-state index in [9.17, 15) is 9.90 Å². The second-order valence-corrected chi connectivity index (χ2v) is 4.82. The van der Waals surface area contributed by atoms with Crippen LogP contribution in [0.15, 0.2) is 23.2 Å². The minimum absolute atomic E-state index is 0.0632. The van der Waals surface area contributed by atoms with E-state index < -0.39 is 0 Å². The molecule has 86 valence electrons. The average Bonchev–Trinajstić information content (AvgIpc) is 3.05. The van der Waals surface area contributed by atoms with Crippen molar-refractivity contribution >= 4 is 17.6 Å². The van der Waals surface area contributed by atoms with Gasteiger partial charge in [-0.05, 0) is 31.0 Å². The van der Waals surface area contributed by atoms with E-state index in [0.29, 0.717) is 12.5 Å². The third kappa shape index (κ3) is 1.03. The van der Waals surface area contributed by atoms with Crippen molar-refractivity contribution in [2.75, 3.05) is 0 Å². The van der Waals surface area contributed by atoms with Gasteiger partial charge >= 0.3 is 0 Å². The number of benzene rings is 1. The standard InChI is InChI=1S/C12H11N3O2/c16-8-1-2-9-7(5-8)6-15-11(13-9)14-10(17)12(15)3-4-12/h1-2,5,16H,3-4,6H2,(H,13,14,17). The average molecular weight is 229 g/mol. The van der Waals surface area contributed by atoms with Crippen LogP contribution < -0.4 is 5.32 Å². The van der Waals surface area contributed by atoms with Gasteiger partial charge in [0.25, 0.3) is 5.91 Å². The fourth-order valence-electron chi connectivity index (χ4n) is 2.63. The number of rotatable bonds is 0. The summed E-state index contributed by atoms with van der Waals surface area (Å²) in [5.74, 6) is 0.963. The van der Waals surface area contributed by atoms with Crippen LogP contribution in [0.3, 0.4) is 0 Å². The summed E-state index contributed by atoms with van der Waals surface area (Å²) in [4.78, 5) is 18.3. The maximum absolute atomic E-state index is 11.9. The second kappa shape index (κ2) is 2.61. The van der Waals surface area contributed by atoms with Crippen LogP contribution >= 0.6 is 0 Å². The molecule has 0 radical (unpaired) electrons. The van der Waals surface area contributed by atoms with Gasteiger partial charge in [-0.2, -0.15) is 0 Å². The van der Waals surface area contributed by atoms with Crippen molar-refractivity contribution in [3.8, 4) is 5.75 Å². The van der Waals surface area contributed by atoms with Crippen molar-refractivity contribution in [3.63, 3.8) is 0 Å². The molecule has 0 unspecified atom stereocenters. The molecule has 0 bridgehead atoms. The molecule has 4 rings (SSSR count). The van der Waals surface area contributed by atoms with E-state index in [1.54, 1.807) is 18.2 Å². The first kappa shape index (κ1) is 9.04. The van der Waals surface area contributed by atoms with Crippen molar-refractivity contribution in [2.45, 2.75) is 24.9 Å². The number of guanidine groups is 1. The number of nitrogens with one attached hydrogen (secondary N) is 1. The molecule has 1 spiro atoms. The number of aromatic hydroxyl groups is 1. The summed E-state index contributed by atoms with van der Waals surface area (Å²) in [6, 6.07) is 5.11. The van der Waals surface area contributed by atoms with Crippen LogP contribution in [0.1, 0.15) is 18.4 Å². The Labute approximate surface area is 97.8 Å². The van der Waals surface area contributed by atoms with Gasteiger partial charge in [-0.1, -0.05) is 0 Å². The van der Waals surface area contributed by atoms with E-state index in [4.69, 9.17) is 0 Å². The largest absolute Gasteiger partial charge is 0.508 e. The van der Waals surface area contributed by atoms with Crippen LogP contribution in [0.5, 0.6) is 5.75 Å². The molecule has 5 heteroatoms. The van der Waals surface area contributed by atoms with Gasteiger partial charge in [-0.15, -0.1) is 0 Å². The van der Waals surface area contributed by atoms with Crippen molar-refractivity contribution in [2.24, 2.45) is 4.99 Å². The molecule has 0 atom stereocenters. The Morgan fingerprint density at radius 3 is 3.00 bits per heavy atom. The highest BCUT2D eigenvalue weighted by Gasteiger charge is 2.61. The first-order valence-corrected chi connectivity index (χ1v) is 5.69. The van der Waals surface area contributed by atoms with E-state index in [1.807, 2.05) is 4.90 Å². The number of carbonyl (C=O) groups is 1. The lowest BCUT2D eigenvalue weighted by molar-refractivity contribution is -0.122. The number of phenolic OH excluding ortho intramolecular Hbond substituents is 1. The molecule has 1 aromatic rings. The number of carbonyl (C=O) groups excluding carboxylic acids is 1. The Balaban J connectivity index is 1.84. The summed E-state index contributed by atoms with van der Waals surface area (Å²) in [7, 11) is 0. The van der Waals surface area contributed by atoms with E-state index in [-0.39, 0.29) is 17.2 Å². The van der Waals surface area contributed by atoms with Gasteiger partial charge in [0.05, 0.1) is 5.69 Å². The first-order chi connectivity index (χ1) is 8.19. The van der Waals surface area contributed by atoms with Crippen LogP contribution in [0, 0.1) is 0 Å². The summed E-state index contributed by atoms with van der Waals surface area (Å²) < 4.78 is 0. The van der Waals surface area contributed by atoms with E-state index in [2.05, 4.69) is 10.3 Å². The number of hydrogen-bond acceptors (Lipinski definition) is 4. The van der Waals surface area contributed by atoms with Gasteiger partial charge in [-0.25, -0.2) is 4.99 Å². The smallest absolute Gasteiger partial charge is 0.252 e. The summed E-state index contributed by atoms with van der Waals surface area (Å²) in [6.07, 6.45) is 1.79.